The van der Waals surface area contributed by atoms with Crippen LogP contribution >= 0.6 is 0 Å². The van der Waals surface area contributed by atoms with Gasteiger partial charge in [-0.2, -0.15) is 0 Å². The lowest BCUT2D eigenvalue weighted by Gasteiger charge is -2.32. The molecule has 0 amide bonds. The van der Waals surface area contributed by atoms with Gasteiger partial charge in [0.25, 0.3) is 0 Å². The van der Waals surface area contributed by atoms with Crippen molar-refractivity contribution in [1.82, 2.24) is 10.2 Å². The fourth-order valence-corrected chi connectivity index (χ4v) is 3.74. The fourth-order valence-electron chi connectivity index (χ4n) is 3.74. The van der Waals surface area contributed by atoms with Crippen molar-refractivity contribution in [2.75, 3.05) is 60.8 Å². The normalized spacial score (nSPS) is 19.5. The molecule has 0 saturated carbocycles. The number of hydrogen-bond acceptors (Lipinski definition) is 5. The van der Waals surface area contributed by atoms with Crippen molar-refractivity contribution in [1.29, 1.82) is 0 Å². The number of nitrogens with zero attached hydrogens (tertiary/aromatic N) is 2. The monoisotopic (exact) mass is 391 g/mol. The zero-order chi connectivity index (χ0) is 19.8. The van der Waals surface area contributed by atoms with E-state index in [2.05, 4.69) is 27.3 Å². The molecule has 1 atom stereocenters. The average molecular weight is 392 g/mol. The van der Waals surface area contributed by atoms with Gasteiger partial charge < -0.3 is 29.2 Å². The lowest BCUT2D eigenvalue weighted by atomic mass is 9.99. The minimum atomic E-state index is 0.574. The Labute approximate surface area is 168 Å². The number of benzene rings is 1. The van der Waals surface area contributed by atoms with Crippen LogP contribution in [0.25, 0.3) is 0 Å². The van der Waals surface area contributed by atoms with E-state index in [0.29, 0.717) is 5.92 Å². The Morgan fingerprint density at radius 1 is 1.25 bits per heavy atom. The van der Waals surface area contributed by atoms with Crippen LogP contribution in [0.2, 0.25) is 0 Å². The van der Waals surface area contributed by atoms with Crippen LogP contribution in [0.3, 0.4) is 0 Å². The number of aliphatic imine (C=N–C) groups is 1. The van der Waals surface area contributed by atoms with Gasteiger partial charge in [-0.3, -0.25) is 4.99 Å². The second kappa shape index (κ2) is 10.5. The van der Waals surface area contributed by atoms with Crippen molar-refractivity contribution in [3.63, 3.8) is 0 Å². The summed E-state index contributed by atoms with van der Waals surface area (Å²) in [6.45, 7) is 5.89. The van der Waals surface area contributed by atoms with Gasteiger partial charge in [0.15, 0.2) is 17.5 Å². The van der Waals surface area contributed by atoms with Gasteiger partial charge in [-0.05, 0) is 42.5 Å². The molecule has 7 nitrogen and oxygen atoms in total. The summed E-state index contributed by atoms with van der Waals surface area (Å²) in [4.78, 5) is 6.74. The molecule has 1 N–H and O–H groups in total. The second-order valence-electron chi connectivity index (χ2n) is 7.28. The summed E-state index contributed by atoms with van der Waals surface area (Å²) in [5.41, 5.74) is 2.57. The van der Waals surface area contributed by atoms with E-state index in [1.807, 2.05) is 7.05 Å². The predicted octanol–water partition coefficient (Wildman–Crippen LogP) is 2.08. The van der Waals surface area contributed by atoms with Crippen LogP contribution in [0.15, 0.2) is 17.1 Å². The van der Waals surface area contributed by atoms with Crippen molar-refractivity contribution in [2.24, 2.45) is 10.9 Å². The third-order valence-electron chi connectivity index (χ3n) is 5.36. The van der Waals surface area contributed by atoms with Gasteiger partial charge >= 0.3 is 0 Å². The molecule has 1 saturated heterocycles. The van der Waals surface area contributed by atoms with Gasteiger partial charge in [0.2, 0.25) is 0 Å². The number of hydrogen-bond donors (Lipinski definition) is 1. The maximum atomic E-state index is 5.77. The standard InChI is InChI=1S/C21H33N3O4/c1-22-21(23-7-4-9-27-14-16-6-10-28-15-16)24-8-5-17-11-19(25-2)20(26-3)12-18(17)13-24/h11-12,16H,4-10,13-15H2,1-3H3,(H,22,23). The number of ether oxygens (including phenoxy) is 4. The van der Waals surface area contributed by atoms with Crippen LogP contribution in [0.1, 0.15) is 24.0 Å². The van der Waals surface area contributed by atoms with E-state index in [0.717, 1.165) is 82.8 Å². The van der Waals surface area contributed by atoms with E-state index in [1.165, 1.54) is 11.1 Å². The number of nitrogens with one attached hydrogen (secondary N) is 1. The van der Waals surface area contributed by atoms with E-state index >= 15 is 0 Å². The quantitative estimate of drug-likeness (QED) is 0.416. The Morgan fingerprint density at radius 2 is 2.04 bits per heavy atom. The van der Waals surface area contributed by atoms with E-state index in [1.54, 1.807) is 14.2 Å². The van der Waals surface area contributed by atoms with Crippen molar-refractivity contribution in [3.05, 3.63) is 23.3 Å². The molecule has 2 heterocycles. The van der Waals surface area contributed by atoms with Crippen LogP contribution in [0.4, 0.5) is 0 Å². The molecule has 1 fully saturated rings. The van der Waals surface area contributed by atoms with Crippen molar-refractivity contribution >= 4 is 5.96 Å². The molecule has 2 aliphatic heterocycles. The minimum absolute atomic E-state index is 0.574. The van der Waals surface area contributed by atoms with Gasteiger partial charge in [0.05, 0.1) is 27.4 Å². The first-order valence-electron chi connectivity index (χ1n) is 10.1. The van der Waals surface area contributed by atoms with Gasteiger partial charge in [-0.25, -0.2) is 0 Å². The van der Waals surface area contributed by atoms with Crippen molar-refractivity contribution < 1.29 is 18.9 Å². The minimum Gasteiger partial charge on any atom is -0.493 e. The number of methoxy groups -OCH3 is 2. The largest absolute Gasteiger partial charge is 0.493 e. The van der Waals surface area contributed by atoms with Gasteiger partial charge in [0.1, 0.15) is 0 Å². The van der Waals surface area contributed by atoms with Crippen molar-refractivity contribution in [3.8, 4) is 11.5 Å². The summed E-state index contributed by atoms with van der Waals surface area (Å²) < 4.78 is 22.0. The molecule has 2 aliphatic rings. The number of guanidine groups is 1. The third-order valence-corrected chi connectivity index (χ3v) is 5.36. The Morgan fingerprint density at radius 3 is 2.71 bits per heavy atom. The number of rotatable bonds is 8. The molecule has 28 heavy (non-hydrogen) atoms. The third kappa shape index (κ3) is 5.29. The topological polar surface area (TPSA) is 64.6 Å². The first-order chi connectivity index (χ1) is 13.7. The second-order valence-corrected chi connectivity index (χ2v) is 7.28. The van der Waals surface area contributed by atoms with Gasteiger partial charge in [-0.1, -0.05) is 0 Å². The highest BCUT2D eigenvalue weighted by Crippen LogP contribution is 2.33. The van der Waals surface area contributed by atoms with Crippen molar-refractivity contribution in [2.45, 2.75) is 25.8 Å². The maximum Gasteiger partial charge on any atom is 0.193 e. The predicted molar refractivity (Wildman–Crippen MR) is 109 cm³/mol. The van der Waals surface area contributed by atoms with Gasteiger partial charge in [0, 0.05) is 45.8 Å². The van der Waals surface area contributed by atoms with E-state index in [-0.39, 0.29) is 0 Å². The first-order valence-corrected chi connectivity index (χ1v) is 10.1. The maximum absolute atomic E-state index is 5.77. The van der Waals surface area contributed by atoms with Crippen LogP contribution < -0.4 is 14.8 Å². The molecular formula is C21H33N3O4. The molecule has 0 aliphatic carbocycles. The van der Waals surface area contributed by atoms with Crippen LogP contribution in [0.5, 0.6) is 11.5 Å². The summed E-state index contributed by atoms with van der Waals surface area (Å²) in [5, 5.41) is 3.46. The Balaban J connectivity index is 1.45. The molecule has 1 aromatic rings. The van der Waals surface area contributed by atoms with E-state index in [9.17, 15) is 0 Å². The zero-order valence-corrected chi connectivity index (χ0v) is 17.3. The summed E-state index contributed by atoms with van der Waals surface area (Å²) in [6, 6.07) is 4.17. The molecule has 0 radical (unpaired) electrons. The molecule has 156 valence electrons. The highest BCUT2D eigenvalue weighted by atomic mass is 16.5. The van der Waals surface area contributed by atoms with Crippen LogP contribution in [-0.4, -0.2) is 71.6 Å². The Bertz CT molecular complexity index is 659. The lowest BCUT2D eigenvalue weighted by molar-refractivity contribution is 0.0887. The summed E-state index contributed by atoms with van der Waals surface area (Å²) in [7, 11) is 5.19. The van der Waals surface area contributed by atoms with Crippen LogP contribution in [0, 0.1) is 5.92 Å². The molecule has 0 spiro atoms. The fraction of sp³-hybridized carbons (Fsp3) is 0.667. The number of fused-ring (bicyclic) bond motifs is 1. The van der Waals surface area contributed by atoms with Gasteiger partial charge in [-0.15, -0.1) is 0 Å². The first kappa shape index (κ1) is 20.7. The van der Waals surface area contributed by atoms with Crippen LogP contribution in [-0.2, 0) is 22.4 Å². The summed E-state index contributed by atoms with van der Waals surface area (Å²) in [5.74, 6) is 3.08. The average Bonchev–Trinajstić information content (AvgIpc) is 3.25. The highest BCUT2D eigenvalue weighted by molar-refractivity contribution is 5.80. The molecule has 0 aromatic heterocycles. The van der Waals surface area contributed by atoms with E-state index < -0.39 is 0 Å². The summed E-state index contributed by atoms with van der Waals surface area (Å²) >= 11 is 0. The smallest absolute Gasteiger partial charge is 0.193 e. The molecule has 1 aromatic carbocycles. The Hall–Kier alpha value is -1.99. The molecular weight excluding hydrogens is 358 g/mol. The summed E-state index contributed by atoms with van der Waals surface area (Å²) in [6.07, 6.45) is 3.04. The zero-order valence-electron chi connectivity index (χ0n) is 17.3. The Kier molecular flexibility index (Phi) is 7.80. The molecule has 1 unspecified atom stereocenters. The molecule has 3 rings (SSSR count). The molecule has 0 bridgehead atoms. The van der Waals surface area contributed by atoms with E-state index in [4.69, 9.17) is 18.9 Å². The lowest BCUT2D eigenvalue weighted by Crippen LogP contribution is -2.44. The highest BCUT2D eigenvalue weighted by Gasteiger charge is 2.21. The molecule has 7 heteroatoms. The SMILES string of the molecule is CN=C(NCCCOCC1CCOC1)N1CCc2cc(OC)c(OC)cc2C1.